The molecule has 0 bridgehead atoms. The predicted octanol–water partition coefficient (Wildman–Crippen LogP) is 5.36. The molecule has 0 aliphatic rings. The SMILES string of the molecule is COC(=O)c1ccccc1CC/C=C(\Sc1ccc(OC)cc1)C(F)F. The summed E-state index contributed by atoms with van der Waals surface area (Å²) in [7, 11) is 2.87. The summed E-state index contributed by atoms with van der Waals surface area (Å²) in [5.41, 5.74) is 1.24. The van der Waals surface area contributed by atoms with Crippen molar-refractivity contribution in [3.63, 3.8) is 0 Å². The molecule has 138 valence electrons. The highest BCUT2D eigenvalue weighted by Gasteiger charge is 2.14. The summed E-state index contributed by atoms with van der Waals surface area (Å²) in [6.45, 7) is 0. The number of hydrogen-bond donors (Lipinski definition) is 0. The number of aryl methyl sites for hydroxylation is 1. The van der Waals surface area contributed by atoms with Gasteiger partial charge in [0.2, 0.25) is 0 Å². The molecule has 0 aromatic heterocycles. The Morgan fingerprint density at radius 2 is 1.81 bits per heavy atom. The van der Waals surface area contributed by atoms with Crippen molar-refractivity contribution in [2.45, 2.75) is 24.2 Å². The van der Waals surface area contributed by atoms with Gasteiger partial charge < -0.3 is 9.47 Å². The van der Waals surface area contributed by atoms with E-state index in [1.54, 1.807) is 49.6 Å². The van der Waals surface area contributed by atoms with Gasteiger partial charge in [-0.1, -0.05) is 36.0 Å². The van der Waals surface area contributed by atoms with Gasteiger partial charge in [0.05, 0.1) is 24.7 Å². The minimum absolute atomic E-state index is 0.00860. The molecule has 0 fully saturated rings. The largest absolute Gasteiger partial charge is 0.497 e. The Hall–Kier alpha value is -2.34. The molecule has 0 saturated carbocycles. The van der Waals surface area contributed by atoms with Crippen molar-refractivity contribution in [3.05, 3.63) is 70.6 Å². The number of benzene rings is 2. The molecule has 0 N–H and O–H groups in total. The highest BCUT2D eigenvalue weighted by Crippen LogP contribution is 2.32. The topological polar surface area (TPSA) is 35.5 Å². The van der Waals surface area contributed by atoms with Gasteiger partial charge in [0, 0.05) is 4.90 Å². The first-order chi connectivity index (χ1) is 12.5. The number of alkyl halides is 2. The maximum absolute atomic E-state index is 13.3. The molecular formula is C20H20F2O3S. The fraction of sp³-hybridized carbons (Fsp3) is 0.250. The molecule has 0 spiro atoms. The van der Waals surface area contributed by atoms with E-state index in [1.807, 2.05) is 6.07 Å². The number of carbonyl (C=O) groups excluding carboxylic acids is 1. The monoisotopic (exact) mass is 378 g/mol. The molecule has 0 saturated heterocycles. The lowest BCUT2D eigenvalue weighted by molar-refractivity contribution is 0.0599. The lowest BCUT2D eigenvalue weighted by Gasteiger charge is -2.09. The summed E-state index contributed by atoms with van der Waals surface area (Å²) < 4.78 is 36.5. The Morgan fingerprint density at radius 1 is 1.12 bits per heavy atom. The van der Waals surface area contributed by atoms with Crippen LogP contribution in [-0.4, -0.2) is 26.6 Å². The van der Waals surface area contributed by atoms with E-state index in [0.717, 1.165) is 17.3 Å². The van der Waals surface area contributed by atoms with Crippen LogP contribution >= 0.6 is 11.8 Å². The van der Waals surface area contributed by atoms with Crippen molar-refractivity contribution < 1.29 is 23.0 Å². The van der Waals surface area contributed by atoms with Crippen LogP contribution in [0.25, 0.3) is 0 Å². The van der Waals surface area contributed by atoms with Crippen LogP contribution in [0.1, 0.15) is 22.3 Å². The van der Waals surface area contributed by atoms with Crippen molar-refractivity contribution in [2.24, 2.45) is 0 Å². The van der Waals surface area contributed by atoms with E-state index in [2.05, 4.69) is 0 Å². The number of methoxy groups -OCH3 is 2. The van der Waals surface area contributed by atoms with Gasteiger partial charge in [-0.2, -0.15) is 0 Å². The molecule has 6 heteroatoms. The third-order valence-electron chi connectivity index (χ3n) is 3.69. The van der Waals surface area contributed by atoms with Crippen LogP contribution in [0.5, 0.6) is 5.75 Å². The summed E-state index contributed by atoms with van der Waals surface area (Å²) in [5, 5.41) is 0. The molecular weight excluding hydrogens is 358 g/mol. The number of carbonyl (C=O) groups is 1. The summed E-state index contributed by atoms with van der Waals surface area (Å²) in [6, 6.07) is 14.0. The zero-order chi connectivity index (χ0) is 18.9. The molecule has 2 aromatic rings. The van der Waals surface area contributed by atoms with Gasteiger partial charge in [-0.05, 0) is 48.7 Å². The van der Waals surface area contributed by atoms with Gasteiger partial charge in [0.25, 0.3) is 6.43 Å². The average Bonchev–Trinajstić information content (AvgIpc) is 2.67. The second-order valence-electron chi connectivity index (χ2n) is 5.37. The van der Waals surface area contributed by atoms with Crippen molar-refractivity contribution in [3.8, 4) is 5.75 Å². The fourth-order valence-electron chi connectivity index (χ4n) is 2.37. The molecule has 0 aliphatic carbocycles. The van der Waals surface area contributed by atoms with Gasteiger partial charge in [-0.25, -0.2) is 13.6 Å². The summed E-state index contributed by atoms with van der Waals surface area (Å²) >= 11 is 1.03. The van der Waals surface area contributed by atoms with Gasteiger partial charge in [0.15, 0.2) is 0 Å². The molecule has 2 aromatic carbocycles. The Kier molecular flexibility index (Phi) is 7.66. The van der Waals surface area contributed by atoms with E-state index >= 15 is 0 Å². The van der Waals surface area contributed by atoms with Crippen LogP contribution < -0.4 is 4.74 Å². The average molecular weight is 378 g/mol. The van der Waals surface area contributed by atoms with Crippen LogP contribution in [0, 0.1) is 0 Å². The third kappa shape index (κ3) is 5.59. The minimum Gasteiger partial charge on any atom is -0.497 e. The van der Waals surface area contributed by atoms with E-state index in [9.17, 15) is 13.6 Å². The van der Waals surface area contributed by atoms with E-state index in [0.29, 0.717) is 29.1 Å². The number of rotatable bonds is 8. The molecule has 0 amide bonds. The first-order valence-electron chi connectivity index (χ1n) is 8.01. The number of halogens is 2. The smallest absolute Gasteiger partial charge is 0.338 e. The quantitative estimate of drug-likeness (QED) is 0.458. The Bertz CT molecular complexity index is 758. The lowest BCUT2D eigenvalue weighted by atomic mass is 10.0. The van der Waals surface area contributed by atoms with Gasteiger partial charge in [-0.15, -0.1) is 0 Å². The van der Waals surface area contributed by atoms with Gasteiger partial charge >= 0.3 is 5.97 Å². The maximum Gasteiger partial charge on any atom is 0.338 e. The Labute approximate surface area is 156 Å². The molecule has 0 unspecified atom stereocenters. The number of ether oxygens (including phenoxy) is 2. The van der Waals surface area contributed by atoms with Crippen LogP contribution in [-0.2, 0) is 11.2 Å². The summed E-state index contributed by atoms with van der Waals surface area (Å²) in [4.78, 5) is 12.5. The van der Waals surface area contributed by atoms with E-state index in [-0.39, 0.29) is 4.91 Å². The van der Waals surface area contributed by atoms with Crippen molar-refractivity contribution >= 4 is 17.7 Å². The highest BCUT2D eigenvalue weighted by atomic mass is 32.2. The van der Waals surface area contributed by atoms with Crippen LogP contribution in [0.3, 0.4) is 0 Å². The minimum atomic E-state index is -2.56. The third-order valence-corrected chi connectivity index (χ3v) is 4.78. The standard InChI is InChI=1S/C20H20F2O3S/c1-24-15-10-12-16(13-11-15)26-18(19(21)22)9-5-7-14-6-3-4-8-17(14)20(23)25-2/h3-4,6,8-13,19H,5,7H2,1-2H3/b18-9-. The normalized spacial score (nSPS) is 11.5. The van der Waals surface area contributed by atoms with E-state index < -0.39 is 12.4 Å². The van der Waals surface area contributed by atoms with Crippen LogP contribution in [0.15, 0.2) is 64.4 Å². The zero-order valence-corrected chi connectivity index (χ0v) is 15.4. The Balaban J connectivity index is 2.07. The summed E-state index contributed by atoms with van der Waals surface area (Å²) in [5.74, 6) is 0.252. The first-order valence-corrected chi connectivity index (χ1v) is 8.83. The number of hydrogen-bond acceptors (Lipinski definition) is 4. The van der Waals surface area contributed by atoms with Crippen molar-refractivity contribution in [1.29, 1.82) is 0 Å². The zero-order valence-electron chi connectivity index (χ0n) is 14.6. The second-order valence-corrected chi connectivity index (χ2v) is 6.52. The molecule has 2 rings (SSSR count). The highest BCUT2D eigenvalue weighted by molar-refractivity contribution is 8.03. The number of esters is 1. The van der Waals surface area contributed by atoms with Gasteiger partial charge in [0.1, 0.15) is 5.75 Å². The number of allylic oxidation sites excluding steroid dienone is 2. The number of thioether (sulfide) groups is 1. The summed E-state index contributed by atoms with van der Waals surface area (Å²) in [6.07, 6.45) is -0.160. The molecule has 3 nitrogen and oxygen atoms in total. The lowest BCUT2D eigenvalue weighted by Crippen LogP contribution is -2.05. The predicted molar refractivity (Wildman–Crippen MR) is 99.0 cm³/mol. The van der Waals surface area contributed by atoms with Crippen molar-refractivity contribution in [1.82, 2.24) is 0 Å². The van der Waals surface area contributed by atoms with Crippen LogP contribution in [0.4, 0.5) is 8.78 Å². The van der Waals surface area contributed by atoms with Crippen molar-refractivity contribution in [2.75, 3.05) is 14.2 Å². The fourth-order valence-corrected chi connectivity index (χ4v) is 3.21. The molecule has 0 atom stereocenters. The van der Waals surface area contributed by atoms with Gasteiger partial charge in [-0.3, -0.25) is 0 Å². The Morgan fingerprint density at radius 3 is 2.42 bits per heavy atom. The maximum atomic E-state index is 13.3. The molecule has 0 radical (unpaired) electrons. The van der Waals surface area contributed by atoms with E-state index in [4.69, 9.17) is 9.47 Å². The molecule has 26 heavy (non-hydrogen) atoms. The van der Waals surface area contributed by atoms with E-state index in [1.165, 1.54) is 13.2 Å². The first kappa shape index (κ1) is 20.0. The molecule has 0 aliphatic heterocycles. The van der Waals surface area contributed by atoms with Crippen LogP contribution in [0.2, 0.25) is 0 Å². The second kappa shape index (κ2) is 9.97. The molecule has 0 heterocycles.